The predicted octanol–water partition coefficient (Wildman–Crippen LogP) is 5.42. The molecule has 6 nitrogen and oxygen atoms in total. The molecule has 0 bridgehead atoms. The van der Waals surface area contributed by atoms with Gasteiger partial charge in [0.1, 0.15) is 6.04 Å². The van der Waals surface area contributed by atoms with E-state index < -0.39 is 23.9 Å². The van der Waals surface area contributed by atoms with E-state index in [0.29, 0.717) is 11.3 Å². The zero-order valence-corrected chi connectivity index (χ0v) is 21.3. The van der Waals surface area contributed by atoms with E-state index in [-0.39, 0.29) is 17.6 Å². The Bertz CT molecular complexity index is 1640. The highest BCUT2D eigenvalue weighted by atomic mass is 16.2. The van der Waals surface area contributed by atoms with Crippen molar-refractivity contribution in [2.24, 2.45) is 16.9 Å². The predicted molar refractivity (Wildman–Crippen MR) is 149 cm³/mol. The van der Waals surface area contributed by atoms with Crippen LogP contribution in [0.25, 0.3) is 11.1 Å². The van der Waals surface area contributed by atoms with E-state index in [1.807, 2.05) is 85.8 Å². The molecule has 6 heteroatoms. The molecule has 2 saturated heterocycles. The van der Waals surface area contributed by atoms with Crippen LogP contribution in [0, 0.1) is 18.8 Å². The lowest BCUT2D eigenvalue weighted by molar-refractivity contribution is -0.124. The Labute approximate surface area is 226 Å². The average Bonchev–Trinajstić information content (AvgIpc) is 3.46. The van der Waals surface area contributed by atoms with Crippen molar-refractivity contribution in [2.45, 2.75) is 19.0 Å². The van der Waals surface area contributed by atoms with E-state index in [0.717, 1.165) is 27.8 Å². The van der Waals surface area contributed by atoms with Crippen LogP contribution in [0.3, 0.4) is 0 Å². The fraction of sp³-hybridized carbons (Fsp3) is 0.152. The van der Waals surface area contributed by atoms with Crippen LogP contribution in [0.5, 0.6) is 0 Å². The number of nitrogens with zero attached hydrogens (tertiary/aromatic N) is 3. The second kappa shape index (κ2) is 8.88. The van der Waals surface area contributed by atoms with E-state index in [1.165, 1.54) is 4.90 Å². The van der Waals surface area contributed by atoms with Crippen molar-refractivity contribution in [3.8, 4) is 11.1 Å². The van der Waals surface area contributed by atoms with Crippen LogP contribution in [-0.4, -0.2) is 34.9 Å². The molecular formula is C33H25N3O3. The van der Waals surface area contributed by atoms with Crippen LogP contribution in [0.2, 0.25) is 0 Å². The molecule has 3 heterocycles. The molecule has 39 heavy (non-hydrogen) atoms. The van der Waals surface area contributed by atoms with Gasteiger partial charge >= 0.3 is 0 Å². The highest BCUT2D eigenvalue weighted by Gasteiger charge is 2.65. The number of hydrogen-bond donors (Lipinski definition) is 0. The number of hydrogen-bond acceptors (Lipinski definition) is 5. The molecule has 7 rings (SSSR count). The van der Waals surface area contributed by atoms with Crippen LogP contribution in [-0.2, 0) is 9.59 Å². The number of benzene rings is 4. The highest BCUT2D eigenvalue weighted by molar-refractivity contribution is 6.24. The molecular weight excluding hydrogens is 486 g/mol. The second-order valence-electron chi connectivity index (χ2n) is 10.3. The maximum Gasteiger partial charge on any atom is 0.240 e. The fourth-order valence-electron chi connectivity index (χ4n) is 6.25. The molecule has 3 aliphatic heterocycles. The first-order valence-electron chi connectivity index (χ1n) is 13.1. The third kappa shape index (κ3) is 3.56. The van der Waals surface area contributed by atoms with Crippen molar-refractivity contribution in [2.75, 3.05) is 4.90 Å². The maximum atomic E-state index is 14.1. The molecule has 0 radical (unpaired) electrons. The molecule has 2 amide bonds. The lowest BCUT2D eigenvalue weighted by Gasteiger charge is -2.33. The van der Waals surface area contributed by atoms with Crippen molar-refractivity contribution in [1.82, 2.24) is 5.01 Å². The van der Waals surface area contributed by atoms with Gasteiger partial charge in [-0.15, -0.1) is 0 Å². The van der Waals surface area contributed by atoms with E-state index in [9.17, 15) is 14.4 Å². The Kier molecular flexibility index (Phi) is 5.30. The lowest BCUT2D eigenvalue weighted by atomic mass is 9.83. The van der Waals surface area contributed by atoms with Crippen molar-refractivity contribution >= 4 is 29.5 Å². The van der Waals surface area contributed by atoms with Gasteiger partial charge < -0.3 is 0 Å². The molecule has 0 saturated carbocycles. The second-order valence-corrected chi connectivity index (χ2v) is 10.3. The van der Waals surface area contributed by atoms with Gasteiger partial charge in [-0.1, -0.05) is 96.6 Å². The number of fused-ring (bicyclic) bond motifs is 5. The minimum absolute atomic E-state index is 0.212. The number of ketones is 1. The molecule has 4 aromatic carbocycles. The van der Waals surface area contributed by atoms with E-state index in [4.69, 9.17) is 0 Å². The minimum Gasteiger partial charge on any atom is -0.292 e. The number of Topliss-reactive ketones (excluding diaryl/α,β-unsaturated/α-hetero) is 1. The van der Waals surface area contributed by atoms with Crippen molar-refractivity contribution in [1.29, 1.82) is 0 Å². The van der Waals surface area contributed by atoms with Crippen molar-refractivity contribution < 1.29 is 14.4 Å². The highest BCUT2D eigenvalue weighted by Crippen LogP contribution is 2.53. The summed E-state index contributed by atoms with van der Waals surface area (Å²) in [6.45, 7) is 1.96. The van der Waals surface area contributed by atoms with Gasteiger partial charge in [-0.25, -0.2) is 4.90 Å². The Hall–Kier alpha value is -4.84. The van der Waals surface area contributed by atoms with E-state index in [1.54, 1.807) is 35.5 Å². The Morgan fingerprint density at radius 1 is 0.718 bits per heavy atom. The SMILES string of the molecule is Cc1ccc(N2C(=O)[C@@H]3[C@H](C2=O)[C@H]2c4ccccc4C=NN2[C@H]3C(=O)c2ccc(-c3ccccc3)cc2)cc1. The number of rotatable bonds is 4. The topological polar surface area (TPSA) is 70.1 Å². The Morgan fingerprint density at radius 2 is 1.36 bits per heavy atom. The molecule has 3 aliphatic rings. The number of carbonyl (C=O) groups excluding carboxylic acids is 3. The van der Waals surface area contributed by atoms with Crippen molar-refractivity contribution in [3.63, 3.8) is 0 Å². The smallest absolute Gasteiger partial charge is 0.240 e. The number of imide groups is 1. The number of hydrazone groups is 1. The maximum absolute atomic E-state index is 14.1. The molecule has 0 unspecified atom stereocenters. The molecule has 4 atom stereocenters. The summed E-state index contributed by atoms with van der Waals surface area (Å²) in [6, 6.07) is 31.1. The Morgan fingerprint density at radius 3 is 2.10 bits per heavy atom. The van der Waals surface area contributed by atoms with Crippen LogP contribution in [0.1, 0.15) is 33.1 Å². The van der Waals surface area contributed by atoms with Gasteiger partial charge in [0, 0.05) is 5.56 Å². The zero-order chi connectivity index (χ0) is 26.7. The Balaban J connectivity index is 1.31. The summed E-state index contributed by atoms with van der Waals surface area (Å²) in [5.41, 5.74) is 5.91. The van der Waals surface area contributed by atoms with Gasteiger partial charge in [0.05, 0.1) is 29.8 Å². The molecule has 2 fully saturated rings. The van der Waals surface area contributed by atoms with Crippen LogP contribution >= 0.6 is 0 Å². The van der Waals surface area contributed by atoms with Gasteiger partial charge in [-0.05, 0) is 41.3 Å². The summed E-state index contributed by atoms with van der Waals surface area (Å²) in [6.07, 6.45) is 1.72. The summed E-state index contributed by atoms with van der Waals surface area (Å²) in [5, 5.41) is 6.35. The number of aryl methyl sites for hydroxylation is 1. The third-order valence-electron chi connectivity index (χ3n) is 8.13. The van der Waals surface area contributed by atoms with Gasteiger partial charge in [-0.2, -0.15) is 5.10 Å². The molecule has 0 spiro atoms. The summed E-state index contributed by atoms with van der Waals surface area (Å²) in [7, 11) is 0. The van der Waals surface area contributed by atoms with E-state index >= 15 is 0 Å². The monoisotopic (exact) mass is 511 g/mol. The lowest BCUT2D eigenvalue weighted by Crippen LogP contribution is -2.44. The molecule has 4 aromatic rings. The van der Waals surface area contributed by atoms with Crippen molar-refractivity contribution in [3.05, 3.63) is 125 Å². The van der Waals surface area contributed by atoms with Gasteiger partial charge in [0.2, 0.25) is 11.8 Å². The summed E-state index contributed by atoms with van der Waals surface area (Å²) in [5.74, 6) is -2.40. The summed E-state index contributed by atoms with van der Waals surface area (Å²) >= 11 is 0. The molecule has 0 aromatic heterocycles. The minimum atomic E-state index is -0.890. The first-order chi connectivity index (χ1) is 19.0. The van der Waals surface area contributed by atoms with Crippen LogP contribution in [0.15, 0.2) is 108 Å². The first-order valence-corrected chi connectivity index (χ1v) is 13.1. The number of carbonyl (C=O) groups is 3. The largest absolute Gasteiger partial charge is 0.292 e. The fourth-order valence-corrected chi connectivity index (χ4v) is 6.25. The zero-order valence-electron chi connectivity index (χ0n) is 21.3. The van der Waals surface area contributed by atoms with Gasteiger partial charge in [-0.3, -0.25) is 19.4 Å². The summed E-state index contributed by atoms with van der Waals surface area (Å²) in [4.78, 5) is 43.4. The van der Waals surface area contributed by atoms with Crippen LogP contribution < -0.4 is 4.90 Å². The van der Waals surface area contributed by atoms with Gasteiger partial charge in [0.15, 0.2) is 5.78 Å². The first kappa shape index (κ1) is 23.3. The molecule has 0 aliphatic carbocycles. The molecule has 190 valence electrons. The summed E-state index contributed by atoms with van der Waals surface area (Å²) < 4.78 is 0. The number of amides is 2. The van der Waals surface area contributed by atoms with Crippen LogP contribution in [0.4, 0.5) is 5.69 Å². The normalized spacial score (nSPS) is 23.0. The third-order valence-corrected chi connectivity index (χ3v) is 8.13. The van der Waals surface area contributed by atoms with E-state index in [2.05, 4.69) is 5.10 Å². The average molecular weight is 512 g/mol. The standard InChI is InChI=1S/C33H25N3O3/c1-20-11-17-25(18-12-20)35-32(38)27-28(33(35)39)30(36-29(27)26-10-6-5-9-24(26)19-34-36)31(37)23-15-13-22(14-16-23)21-7-3-2-4-8-21/h2-19,27-30H,1H3/t27-,28+,29+,30+/m0/s1. The number of anilines is 1. The van der Waals surface area contributed by atoms with Gasteiger partial charge in [0.25, 0.3) is 0 Å². The quantitative estimate of drug-likeness (QED) is 0.271. The molecule has 0 N–H and O–H groups in total.